The van der Waals surface area contributed by atoms with E-state index in [-0.39, 0.29) is 11.9 Å². The van der Waals surface area contributed by atoms with Crippen LogP contribution in [0.3, 0.4) is 0 Å². The quantitative estimate of drug-likeness (QED) is 0.661. The summed E-state index contributed by atoms with van der Waals surface area (Å²) >= 11 is 1.68. The van der Waals surface area contributed by atoms with Crippen molar-refractivity contribution in [3.63, 3.8) is 0 Å². The monoisotopic (exact) mass is 417 g/mol. The SMILES string of the molecule is NC(=O)c1cn[nH]c1[C@@H]1CCCN(C(=O)NCCc2csc(N3CCCC3)n2)C1. The lowest BCUT2D eigenvalue weighted by Gasteiger charge is -2.32. The number of thiazole rings is 1. The number of likely N-dealkylation sites (tertiary alicyclic amines) is 1. The summed E-state index contributed by atoms with van der Waals surface area (Å²) in [4.78, 5) is 33.0. The summed E-state index contributed by atoms with van der Waals surface area (Å²) in [5, 5.41) is 13.0. The number of aromatic nitrogens is 3. The molecular weight excluding hydrogens is 390 g/mol. The van der Waals surface area contributed by atoms with Crippen LogP contribution in [0.5, 0.6) is 0 Å². The van der Waals surface area contributed by atoms with Gasteiger partial charge in [-0.1, -0.05) is 0 Å². The lowest BCUT2D eigenvalue weighted by Crippen LogP contribution is -2.45. The van der Waals surface area contributed by atoms with Crippen molar-refractivity contribution >= 4 is 28.4 Å². The van der Waals surface area contributed by atoms with Gasteiger partial charge in [-0.3, -0.25) is 9.89 Å². The Morgan fingerprint density at radius 3 is 2.90 bits per heavy atom. The van der Waals surface area contributed by atoms with E-state index in [1.165, 1.54) is 19.0 Å². The third-order valence-corrected chi connectivity index (χ3v) is 6.57. The number of primary amides is 1. The smallest absolute Gasteiger partial charge is 0.317 e. The van der Waals surface area contributed by atoms with E-state index in [0.717, 1.165) is 48.9 Å². The van der Waals surface area contributed by atoms with Crippen LogP contribution in [-0.2, 0) is 6.42 Å². The zero-order valence-electron chi connectivity index (χ0n) is 16.4. The molecule has 4 heterocycles. The van der Waals surface area contributed by atoms with E-state index in [9.17, 15) is 9.59 Å². The number of hydrogen-bond acceptors (Lipinski definition) is 6. The highest BCUT2D eigenvalue weighted by molar-refractivity contribution is 7.13. The second-order valence-electron chi connectivity index (χ2n) is 7.64. The normalized spacial score (nSPS) is 19.5. The Kier molecular flexibility index (Phi) is 5.98. The average molecular weight is 418 g/mol. The van der Waals surface area contributed by atoms with E-state index >= 15 is 0 Å². The molecule has 4 rings (SSSR count). The zero-order chi connectivity index (χ0) is 20.2. The van der Waals surface area contributed by atoms with Crippen molar-refractivity contribution in [2.45, 2.75) is 38.0 Å². The first-order valence-corrected chi connectivity index (χ1v) is 11.0. The predicted octanol–water partition coefficient (Wildman–Crippen LogP) is 1.70. The van der Waals surface area contributed by atoms with E-state index in [1.807, 2.05) is 0 Å². The molecule has 0 bridgehead atoms. The minimum Gasteiger partial charge on any atom is -0.365 e. The number of piperidine rings is 1. The molecule has 4 N–H and O–H groups in total. The van der Waals surface area contributed by atoms with Gasteiger partial charge in [0.05, 0.1) is 23.1 Å². The molecule has 0 radical (unpaired) electrons. The summed E-state index contributed by atoms with van der Waals surface area (Å²) in [7, 11) is 0. The van der Waals surface area contributed by atoms with Crippen molar-refractivity contribution in [2.75, 3.05) is 37.6 Å². The molecule has 0 spiro atoms. The predicted molar refractivity (Wildman–Crippen MR) is 111 cm³/mol. The molecule has 3 amide bonds. The molecule has 0 aromatic carbocycles. The van der Waals surface area contributed by atoms with E-state index in [4.69, 9.17) is 10.7 Å². The van der Waals surface area contributed by atoms with Gasteiger partial charge in [-0.25, -0.2) is 9.78 Å². The lowest BCUT2D eigenvalue weighted by atomic mass is 9.92. The lowest BCUT2D eigenvalue weighted by molar-refractivity contribution is 0.0998. The van der Waals surface area contributed by atoms with Gasteiger partial charge in [0, 0.05) is 50.4 Å². The number of nitrogens with two attached hydrogens (primary N) is 1. The van der Waals surface area contributed by atoms with Gasteiger partial charge in [-0.15, -0.1) is 11.3 Å². The van der Waals surface area contributed by atoms with Gasteiger partial charge in [0.25, 0.3) is 5.91 Å². The van der Waals surface area contributed by atoms with Crippen LogP contribution in [0, 0.1) is 0 Å². The number of nitrogens with one attached hydrogen (secondary N) is 2. The zero-order valence-corrected chi connectivity index (χ0v) is 17.2. The third-order valence-electron chi connectivity index (χ3n) is 5.62. The molecule has 0 aliphatic carbocycles. The summed E-state index contributed by atoms with van der Waals surface area (Å²) in [6.45, 7) is 3.99. The Balaban J connectivity index is 1.27. The van der Waals surface area contributed by atoms with Gasteiger partial charge in [0.1, 0.15) is 0 Å². The number of hydrogen-bond donors (Lipinski definition) is 3. The van der Waals surface area contributed by atoms with Crippen LogP contribution in [0.15, 0.2) is 11.6 Å². The number of rotatable bonds is 6. The van der Waals surface area contributed by atoms with E-state index in [2.05, 4.69) is 25.8 Å². The fourth-order valence-electron chi connectivity index (χ4n) is 4.07. The molecule has 9 nitrogen and oxygen atoms in total. The molecule has 2 aliphatic heterocycles. The van der Waals surface area contributed by atoms with Gasteiger partial charge in [-0.2, -0.15) is 5.10 Å². The van der Waals surface area contributed by atoms with Crippen LogP contribution in [0.25, 0.3) is 0 Å². The summed E-state index contributed by atoms with van der Waals surface area (Å²) < 4.78 is 0. The van der Waals surface area contributed by atoms with Crippen LogP contribution in [0.4, 0.5) is 9.93 Å². The second-order valence-corrected chi connectivity index (χ2v) is 8.48. The highest BCUT2D eigenvalue weighted by atomic mass is 32.1. The van der Waals surface area contributed by atoms with E-state index in [1.54, 1.807) is 16.2 Å². The Morgan fingerprint density at radius 2 is 2.10 bits per heavy atom. The van der Waals surface area contributed by atoms with Crippen molar-refractivity contribution in [1.29, 1.82) is 0 Å². The number of carbonyl (C=O) groups is 2. The van der Waals surface area contributed by atoms with Crippen LogP contribution < -0.4 is 16.0 Å². The summed E-state index contributed by atoms with van der Waals surface area (Å²) in [5.74, 6) is -0.451. The molecule has 2 aliphatic rings. The molecule has 0 unspecified atom stereocenters. The van der Waals surface area contributed by atoms with Crippen molar-refractivity contribution in [1.82, 2.24) is 25.4 Å². The number of carbonyl (C=O) groups excluding carboxylic acids is 2. The largest absolute Gasteiger partial charge is 0.365 e. The van der Waals surface area contributed by atoms with Crippen LogP contribution in [-0.4, -0.2) is 64.7 Å². The third kappa shape index (κ3) is 4.52. The number of amides is 3. The van der Waals surface area contributed by atoms with Crippen molar-refractivity contribution in [3.8, 4) is 0 Å². The van der Waals surface area contributed by atoms with Gasteiger partial charge in [-0.05, 0) is 25.7 Å². The molecule has 29 heavy (non-hydrogen) atoms. The summed E-state index contributed by atoms with van der Waals surface area (Å²) in [6, 6.07) is -0.0789. The first-order chi connectivity index (χ1) is 14.1. The maximum Gasteiger partial charge on any atom is 0.317 e. The Labute approximate surface area is 173 Å². The maximum absolute atomic E-state index is 12.6. The minimum atomic E-state index is -0.494. The standard InChI is InChI=1S/C19H27N7O2S/c20-17(27)15-10-22-24-16(15)13-4-3-9-26(11-13)18(28)21-6-5-14-12-29-19(23-14)25-7-1-2-8-25/h10,12-13H,1-9,11H2,(H2,20,27)(H,21,28)(H,22,24)/t13-/m1/s1. The number of urea groups is 1. The van der Waals surface area contributed by atoms with Crippen molar-refractivity contribution in [3.05, 3.63) is 28.5 Å². The first kappa shape index (κ1) is 19.7. The molecule has 2 saturated heterocycles. The number of H-pyrrole nitrogens is 1. The fraction of sp³-hybridized carbons (Fsp3) is 0.579. The van der Waals surface area contributed by atoms with Gasteiger partial charge >= 0.3 is 6.03 Å². The van der Waals surface area contributed by atoms with E-state index < -0.39 is 5.91 Å². The highest BCUT2D eigenvalue weighted by Crippen LogP contribution is 2.28. The average Bonchev–Trinajstić information content (AvgIpc) is 3.48. The van der Waals surface area contributed by atoms with Crippen LogP contribution >= 0.6 is 11.3 Å². The first-order valence-electron chi connectivity index (χ1n) is 10.2. The van der Waals surface area contributed by atoms with Crippen LogP contribution in [0.2, 0.25) is 0 Å². The van der Waals surface area contributed by atoms with Gasteiger partial charge in [0.15, 0.2) is 5.13 Å². The summed E-state index contributed by atoms with van der Waals surface area (Å²) in [5.41, 5.74) is 7.59. The molecule has 0 saturated carbocycles. The van der Waals surface area contributed by atoms with Gasteiger partial charge < -0.3 is 20.9 Å². The molecule has 2 aromatic heterocycles. The molecule has 10 heteroatoms. The Hall–Kier alpha value is -2.62. The Morgan fingerprint density at radius 1 is 1.28 bits per heavy atom. The number of nitrogens with zero attached hydrogens (tertiary/aromatic N) is 4. The van der Waals surface area contributed by atoms with Gasteiger partial charge in [0.2, 0.25) is 0 Å². The number of anilines is 1. The second kappa shape index (κ2) is 8.81. The molecule has 156 valence electrons. The highest BCUT2D eigenvalue weighted by Gasteiger charge is 2.28. The van der Waals surface area contributed by atoms with Crippen molar-refractivity contribution < 1.29 is 9.59 Å². The molecular formula is C19H27N7O2S. The Bertz CT molecular complexity index is 858. The van der Waals surface area contributed by atoms with Crippen LogP contribution in [0.1, 0.15) is 53.3 Å². The van der Waals surface area contributed by atoms with E-state index in [0.29, 0.717) is 25.2 Å². The maximum atomic E-state index is 12.6. The topological polar surface area (TPSA) is 120 Å². The van der Waals surface area contributed by atoms with Crippen molar-refractivity contribution in [2.24, 2.45) is 5.73 Å². The number of aromatic amines is 1. The fourth-order valence-corrected chi connectivity index (χ4v) is 4.99. The minimum absolute atomic E-state index is 0.0426. The molecule has 1 atom stereocenters. The molecule has 2 aromatic rings. The summed E-state index contributed by atoms with van der Waals surface area (Å²) in [6.07, 6.45) is 6.42. The molecule has 2 fully saturated rings.